The van der Waals surface area contributed by atoms with Crippen LogP contribution in [0.1, 0.15) is 27.2 Å². The van der Waals surface area contributed by atoms with E-state index in [1.165, 1.54) is 24.3 Å². The fourth-order valence-electron chi connectivity index (χ4n) is 6.62. The van der Waals surface area contributed by atoms with Crippen LogP contribution in [0.25, 0.3) is 21.5 Å². The molecule has 0 saturated carbocycles. The topological polar surface area (TPSA) is 238 Å². The molecule has 0 fully saturated rings. The Morgan fingerprint density at radius 1 is 0.763 bits per heavy atom. The van der Waals surface area contributed by atoms with Gasteiger partial charge in [-0.3, -0.25) is 9.11 Å². The molecule has 1 heterocycles. The van der Waals surface area contributed by atoms with E-state index in [2.05, 4.69) is 30.8 Å². The number of fused-ring (bicyclic) bond motifs is 2. The van der Waals surface area contributed by atoms with E-state index < -0.39 is 44.3 Å². The number of azo groups is 1. The van der Waals surface area contributed by atoms with Crippen molar-refractivity contribution in [2.24, 2.45) is 10.2 Å². The number of anilines is 5. The summed E-state index contributed by atoms with van der Waals surface area (Å²) >= 11 is 0. The van der Waals surface area contributed by atoms with Crippen molar-refractivity contribution in [3.05, 3.63) is 91.0 Å². The van der Waals surface area contributed by atoms with Crippen LogP contribution in [-0.2, 0) is 29.1 Å². The zero-order valence-electron chi connectivity index (χ0n) is 32.7. The Labute approximate surface area is 342 Å². The fraction of sp³-hybridized carbons (Fsp3) is 0.256. The highest BCUT2D eigenvalue weighted by Crippen LogP contribution is 2.43. The van der Waals surface area contributed by atoms with Crippen molar-refractivity contribution in [3.63, 3.8) is 0 Å². The van der Waals surface area contributed by atoms with Gasteiger partial charge in [-0.2, -0.15) is 31.8 Å². The van der Waals surface area contributed by atoms with Gasteiger partial charge < -0.3 is 29.5 Å². The maximum Gasteiger partial charge on any atom is 0.334 e. The van der Waals surface area contributed by atoms with Gasteiger partial charge in [-0.05, 0) is 87.0 Å². The molecule has 0 spiro atoms. The molecular weight excluding hydrogens is 817 g/mol. The first-order valence-electron chi connectivity index (χ1n) is 18.7. The number of nitrogens with zero attached hydrogens (tertiary/aromatic N) is 6. The maximum atomic E-state index is 12.5. The Morgan fingerprint density at radius 3 is 2.08 bits per heavy atom. The molecule has 0 radical (unpaired) electrons. The molecule has 0 atom stereocenters. The zero-order valence-corrected chi connectivity index (χ0v) is 35.3. The molecule has 1 aromatic heterocycles. The minimum absolute atomic E-state index is 0.0324. The van der Waals surface area contributed by atoms with E-state index in [9.17, 15) is 31.0 Å². The molecule has 0 aliphatic heterocycles. The molecule has 310 valence electrons. The van der Waals surface area contributed by atoms with Crippen molar-refractivity contribution < 1.29 is 39.9 Å². The number of aromatic hydroxyl groups is 1. The number of rotatable bonds is 18. The van der Waals surface area contributed by atoms with Gasteiger partial charge in [0.2, 0.25) is 17.8 Å². The maximum absolute atomic E-state index is 12.5. The molecule has 0 aliphatic carbocycles. The predicted molar refractivity (Wildman–Crippen MR) is 228 cm³/mol. The second kappa shape index (κ2) is 18.1. The van der Waals surface area contributed by atoms with Gasteiger partial charge in [0.15, 0.2) is 5.75 Å². The summed E-state index contributed by atoms with van der Waals surface area (Å²) in [5.41, 5.74) is 0.438. The lowest BCUT2D eigenvalue weighted by atomic mass is 10.1. The van der Waals surface area contributed by atoms with Gasteiger partial charge in [0.25, 0.3) is 20.2 Å². The number of phenols is 1. The van der Waals surface area contributed by atoms with Crippen LogP contribution in [-0.4, -0.2) is 80.9 Å². The number of phenolic OH excluding ortho intramolecular Hbond substituents is 1. The molecule has 17 nitrogen and oxygen atoms in total. The number of nitrogens with one attached hydrogen (secondary N) is 2. The van der Waals surface area contributed by atoms with Crippen molar-refractivity contribution in [1.29, 1.82) is 0 Å². The molecule has 0 bridgehead atoms. The van der Waals surface area contributed by atoms with Crippen LogP contribution in [0, 0.1) is 0 Å². The van der Waals surface area contributed by atoms with Crippen LogP contribution in [0.3, 0.4) is 0 Å². The summed E-state index contributed by atoms with van der Waals surface area (Å²) in [6.45, 7) is 9.82. The lowest BCUT2D eigenvalue weighted by Crippen LogP contribution is -2.39. The van der Waals surface area contributed by atoms with Gasteiger partial charge in [0.1, 0.15) is 16.3 Å². The zero-order chi connectivity index (χ0) is 42.4. The molecule has 20 heteroatoms. The van der Waals surface area contributed by atoms with Crippen LogP contribution in [0.2, 0.25) is 12.6 Å². The highest BCUT2D eigenvalue weighted by molar-refractivity contribution is 7.86. The Kier molecular flexibility index (Phi) is 13.2. The van der Waals surface area contributed by atoms with Gasteiger partial charge in [-0.15, -0.1) is 10.2 Å². The van der Waals surface area contributed by atoms with E-state index >= 15 is 0 Å². The molecule has 0 aliphatic rings. The highest BCUT2D eigenvalue weighted by atomic mass is 32.2. The average molecular weight is 861 g/mol. The Hall–Kier alpha value is -5.61. The summed E-state index contributed by atoms with van der Waals surface area (Å²) in [6, 6.07) is 24.7. The lowest BCUT2D eigenvalue weighted by Gasteiger charge is -2.26. The summed E-state index contributed by atoms with van der Waals surface area (Å²) in [5, 5.41) is 27.2. The Bertz CT molecular complexity index is 2720. The van der Waals surface area contributed by atoms with E-state index in [4.69, 9.17) is 13.8 Å². The van der Waals surface area contributed by atoms with E-state index in [-0.39, 0.29) is 51.1 Å². The van der Waals surface area contributed by atoms with Gasteiger partial charge in [-0.1, -0.05) is 54.6 Å². The van der Waals surface area contributed by atoms with Crippen LogP contribution in [0.4, 0.5) is 40.6 Å². The van der Waals surface area contributed by atoms with Crippen molar-refractivity contribution >= 4 is 90.9 Å². The molecule has 5 aromatic carbocycles. The highest BCUT2D eigenvalue weighted by Gasteiger charge is 2.30. The monoisotopic (exact) mass is 860 g/mol. The number of hydrogen-bond acceptors (Lipinski definition) is 15. The normalized spacial score (nSPS) is 12.4. The van der Waals surface area contributed by atoms with Crippen LogP contribution in [0.15, 0.2) is 111 Å². The van der Waals surface area contributed by atoms with Crippen LogP contribution in [0.5, 0.6) is 5.75 Å². The molecule has 0 amide bonds. The third kappa shape index (κ3) is 10.2. The van der Waals surface area contributed by atoms with E-state index in [1.807, 2.05) is 62.5 Å². The van der Waals surface area contributed by atoms with Gasteiger partial charge >= 0.3 is 8.56 Å². The Balaban J connectivity index is 1.43. The number of para-hydroxylation sites is 1. The SMILES string of the molecule is CCO[Si](C)(CCCNc1nc(Nc2cc(S(=O)(=O)O)cc3ccc(N=Nc4ccc5ccccc5c4S(=O)(=O)O)c(O)c23)nc(N(CC)c2ccccc2)n1)OCC. The number of hydrogen-bond donors (Lipinski definition) is 5. The number of benzene rings is 5. The average Bonchev–Trinajstić information content (AvgIpc) is 3.19. The first-order chi connectivity index (χ1) is 28.1. The molecule has 6 rings (SSSR count). The minimum atomic E-state index is -4.77. The smallest absolute Gasteiger partial charge is 0.334 e. The quantitative estimate of drug-likeness (QED) is 0.0235. The van der Waals surface area contributed by atoms with Crippen molar-refractivity contribution in [1.82, 2.24) is 15.0 Å². The van der Waals surface area contributed by atoms with Crippen LogP contribution < -0.4 is 15.5 Å². The summed E-state index contributed by atoms with van der Waals surface area (Å²) < 4.78 is 82.2. The molecule has 59 heavy (non-hydrogen) atoms. The second-order valence-electron chi connectivity index (χ2n) is 13.3. The third-order valence-corrected chi connectivity index (χ3v) is 14.0. The van der Waals surface area contributed by atoms with Crippen molar-refractivity contribution in [2.75, 3.05) is 41.8 Å². The summed E-state index contributed by atoms with van der Waals surface area (Å²) in [6.07, 6.45) is 0.680. The molecule has 0 unspecified atom stereocenters. The van der Waals surface area contributed by atoms with Gasteiger partial charge in [0.05, 0.1) is 10.6 Å². The minimum Gasteiger partial charge on any atom is -0.505 e. The Morgan fingerprint density at radius 2 is 1.41 bits per heavy atom. The molecule has 5 N–H and O–H groups in total. The number of aromatic nitrogens is 3. The molecule has 0 saturated heterocycles. The van der Waals surface area contributed by atoms with Gasteiger partial charge in [-0.25, -0.2) is 0 Å². The molecular formula is C39H44N8O9S2Si. The predicted octanol–water partition coefficient (Wildman–Crippen LogP) is 8.64. The standard InChI is InChI=1S/C39H44N8O9S2Si/c1-5-47(28-15-9-8-10-16-28)39-43-37(40-22-13-23-59(4,55-6-2)56-7-3)42-38(44-39)41-33-25-29(57(49,50)51)24-27-19-20-31(35(48)34(27)33)45-46-32-21-18-26-14-11-12-17-30(26)36(32)58(52,53)54/h8-12,14-21,24-25,48H,5-7,13,22-23H2,1-4H3,(H,49,50,51)(H,52,53,54)(H2,40,41,42,43,44). The fourth-order valence-corrected chi connectivity index (χ4v) is 10.4. The van der Waals surface area contributed by atoms with E-state index in [1.54, 1.807) is 24.3 Å². The first-order valence-corrected chi connectivity index (χ1v) is 24.1. The van der Waals surface area contributed by atoms with Gasteiger partial charge in [0, 0.05) is 42.8 Å². The van der Waals surface area contributed by atoms with Crippen LogP contribution >= 0.6 is 0 Å². The second-order valence-corrected chi connectivity index (χ2v) is 19.4. The molecule has 6 aromatic rings. The van der Waals surface area contributed by atoms with Crippen molar-refractivity contribution in [2.45, 2.75) is 49.6 Å². The summed E-state index contributed by atoms with van der Waals surface area (Å²) in [7, 11) is -11.9. The first kappa shape index (κ1) is 43.0. The summed E-state index contributed by atoms with van der Waals surface area (Å²) in [4.78, 5) is 14.9. The largest absolute Gasteiger partial charge is 0.505 e. The van der Waals surface area contributed by atoms with Crippen molar-refractivity contribution in [3.8, 4) is 5.75 Å². The lowest BCUT2D eigenvalue weighted by molar-refractivity contribution is 0.188. The third-order valence-electron chi connectivity index (χ3n) is 9.21. The summed E-state index contributed by atoms with van der Waals surface area (Å²) in [5.74, 6) is -0.0702. The van der Waals surface area contributed by atoms with E-state index in [0.717, 1.165) is 17.8 Å². The van der Waals surface area contributed by atoms with E-state index in [0.29, 0.717) is 44.2 Å².